The van der Waals surface area contributed by atoms with Crippen LogP contribution in [0.4, 0.5) is 0 Å². The van der Waals surface area contributed by atoms with Gasteiger partial charge in [0.1, 0.15) is 12.4 Å². The second-order valence-electron chi connectivity index (χ2n) is 3.23. The summed E-state index contributed by atoms with van der Waals surface area (Å²) in [6, 6.07) is 7.00. The van der Waals surface area contributed by atoms with Crippen molar-refractivity contribution < 1.29 is 14.3 Å². The van der Waals surface area contributed by atoms with Crippen LogP contribution in [0.3, 0.4) is 0 Å². The van der Waals surface area contributed by atoms with E-state index in [1.165, 1.54) is 6.21 Å². The zero-order valence-corrected chi connectivity index (χ0v) is 9.63. The summed E-state index contributed by atoms with van der Waals surface area (Å²) >= 11 is 0. The number of amides is 2. The third-order valence-corrected chi connectivity index (χ3v) is 1.85. The molecule has 6 heteroatoms. The number of nitrogens with two attached hydrogens (primary N) is 1. The number of primary amides is 1. The maximum atomic E-state index is 10.8. The third kappa shape index (κ3) is 4.48. The number of benzene rings is 1. The second kappa shape index (κ2) is 6.85. The van der Waals surface area contributed by atoms with Crippen molar-refractivity contribution in [3.05, 3.63) is 42.5 Å². The van der Waals surface area contributed by atoms with E-state index in [2.05, 4.69) is 11.7 Å². The minimum atomic E-state index is -1.08. The number of nitrogens with zero attached hydrogens (tertiary/aromatic N) is 1. The SMILES string of the molecule is C=CCOc1ccc(/C=N\NC(=O)C(N)=O)cc1. The molecule has 3 N–H and O–H groups in total. The van der Waals surface area contributed by atoms with Gasteiger partial charge in [0, 0.05) is 0 Å². The Balaban J connectivity index is 2.52. The average molecular weight is 247 g/mol. The molecule has 0 saturated carbocycles. The number of carbonyl (C=O) groups excluding carboxylic acids is 2. The largest absolute Gasteiger partial charge is 0.490 e. The summed E-state index contributed by atoms with van der Waals surface area (Å²) in [5, 5.41) is 3.57. The topological polar surface area (TPSA) is 93.8 Å². The summed E-state index contributed by atoms with van der Waals surface area (Å²) < 4.78 is 5.29. The molecule has 18 heavy (non-hydrogen) atoms. The van der Waals surface area contributed by atoms with E-state index < -0.39 is 11.8 Å². The Kier molecular flexibility index (Phi) is 5.11. The van der Waals surface area contributed by atoms with Gasteiger partial charge in [-0.3, -0.25) is 9.59 Å². The van der Waals surface area contributed by atoms with Crippen molar-refractivity contribution in [3.63, 3.8) is 0 Å². The smallest absolute Gasteiger partial charge is 0.329 e. The van der Waals surface area contributed by atoms with Crippen LogP contribution in [-0.4, -0.2) is 24.6 Å². The molecule has 6 nitrogen and oxygen atoms in total. The molecule has 0 spiro atoms. The van der Waals surface area contributed by atoms with E-state index >= 15 is 0 Å². The van der Waals surface area contributed by atoms with Crippen molar-refractivity contribution in [1.29, 1.82) is 0 Å². The minimum Gasteiger partial charge on any atom is -0.490 e. The van der Waals surface area contributed by atoms with E-state index in [0.717, 1.165) is 5.56 Å². The summed E-state index contributed by atoms with van der Waals surface area (Å²) in [6.45, 7) is 3.97. The molecule has 0 unspecified atom stereocenters. The molecule has 0 aliphatic carbocycles. The predicted octanol–water partition coefficient (Wildman–Crippen LogP) is 0.187. The van der Waals surface area contributed by atoms with Crippen LogP contribution in [0.25, 0.3) is 0 Å². The zero-order chi connectivity index (χ0) is 13.4. The number of hydrogen-bond acceptors (Lipinski definition) is 4. The normalized spacial score (nSPS) is 10.0. The Labute approximate surface area is 104 Å². The standard InChI is InChI=1S/C12H13N3O3/c1-2-7-18-10-5-3-9(4-6-10)8-14-15-12(17)11(13)16/h2-6,8H,1,7H2,(H2,13,16)(H,15,17)/b14-8-. The second-order valence-corrected chi connectivity index (χ2v) is 3.23. The molecule has 0 aliphatic rings. The molecule has 0 aliphatic heterocycles. The minimum absolute atomic E-state index is 0.433. The first-order valence-electron chi connectivity index (χ1n) is 5.10. The lowest BCUT2D eigenvalue weighted by Crippen LogP contribution is -2.32. The number of carbonyl (C=O) groups is 2. The summed E-state index contributed by atoms with van der Waals surface area (Å²) in [4.78, 5) is 21.2. The van der Waals surface area contributed by atoms with Crippen LogP contribution in [0.15, 0.2) is 42.0 Å². The van der Waals surface area contributed by atoms with Crippen LogP contribution in [0, 0.1) is 0 Å². The van der Waals surface area contributed by atoms with Gasteiger partial charge in [-0.05, 0) is 29.8 Å². The lowest BCUT2D eigenvalue weighted by Gasteiger charge is -2.02. The quantitative estimate of drug-likeness (QED) is 0.336. The maximum absolute atomic E-state index is 10.8. The molecule has 0 bridgehead atoms. The lowest BCUT2D eigenvalue weighted by atomic mass is 10.2. The van der Waals surface area contributed by atoms with Crippen molar-refractivity contribution in [3.8, 4) is 5.75 Å². The first-order valence-corrected chi connectivity index (χ1v) is 5.10. The summed E-state index contributed by atoms with van der Waals surface area (Å²) in [6.07, 6.45) is 3.03. The molecule has 1 rings (SSSR count). The van der Waals surface area contributed by atoms with E-state index in [-0.39, 0.29) is 0 Å². The van der Waals surface area contributed by atoms with Crippen molar-refractivity contribution in [2.75, 3.05) is 6.61 Å². The van der Waals surface area contributed by atoms with E-state index in [1.54, 1.807) is 30.3 Å². The van der Waals surface area contributed by atoms with Crippen molar-refractivity contribution in [2.45, 2.75) is 0 Å². The van der Waals surface area contributed by atoms with Gasteiger partial charge >= 0.3 is 11.8 Å². The van der Waals surface area contributed by atoms with Gasteiger partial charge in [0.25, 0.3) is 0 Å². The molecular weight excluding hydrogens is 234 g/mol. The number of hydrogen-bond donors (Lipinski definition) is 2. The van der Waals surface area contributed by atoms with Crippen LogP contribution in [0.2, 0.25) is 0 Å². The first kappa shape index (κ1) is 13.4. The van der Waals surface area contributed by atoms with E-state index in [9.17, 15) is 9.59 Å². The number of ether oxygens (including phenoxy) is 1. The molecule has 0 radical (unpaired) electrons. The Morgan fingerprint density at radius 2 is 2.06 bits per heavy atom. The summed E-state index contributed by atoms with van der Waals surface area (Å²) in [5.41, 5.74) is 7.46. The molecule has 0 atom stereocenters. The fraction of sp³-hybridized carbons (Fsp3) is 0.0833. The van der Waals surface area contributed by atoms with Gasteiger partial charge in [-0.15, -0.1) is 0 Å². The molecule has 0 heterocycles. The van der Waals surface area contributed by atoms with Crippen molar-refractivity contribution in [2.24, 2.45) is 10.8 Å². The van der Waals surface area contributed by atoms with Gasteiger partial charge < -0.3 is 10.5 Å². The van der Waals surface area contributed by atoms with Gasteiger partial charge in [-0.25, -0.2) is 5.43 Å². The molecule has 0 fully saturated rings. The van der Waals surface area contributed by atoms with E-state index in [1.807, 2.05) is 5.43 Å². The Morgan fingerprint density at radius 3 is 2.61 bits per heavy atom. The van der Waals surface area contributed by atoms with Gasteiger partial charge in [0.05, 0.1) is 6.21 Å². The molecule has 1 aromatic rings. The van der Waals surface area contributed by atoms with Gasteiger partial charge in [-0.2, -0.15) is 5.10 Å². The lowest BCUT2D eigenvalue weighted by molar-refractivity contribution is -0.137. The Hall–Kier alpha value is -2.63. The van der Waals surface area contributed by atoms with Gasteiger partial charge in [0.15, 0.2) is 0 Å². The number of rotatable bonds is 5. The highest BCUT2D eigenvalue weighted by atomic mass is 16.5. The molecular formula is C12H13N3O3. The monoisotopic (exact) mass is 247 g/mol. The van der Waals surface area contributed by atoms with Crippen LogP contribution in [0.1, 0.15) is 5.56 Å². The third-order valence-electron chi connectivity index (χ3n) is 1.85. The molecule has 0 saturated heterocycles. The van der Waals surface area contributed by atoms with Crippen molar-refractivity contribution >= 4 is 18.0 Å². The zero-order valence-electron chi connectivity index (χ0n) is 9.63. The highest BCUT2D eigenvalue weighted by Gasteiger charge is 2.05. The van der Waals surface area contributed by atoms with Gasteiger partial charge in [-0.1, -0.05) is 12.7 Å². The maximum Gasteiger partial charge on any atom is 0.329 e. The summed E-state index contributed by atoms with van der Waals surface area (Å²) in [7, 11) is 0. The highest BCUT2D eigenvalue weighted by Crippen LogP contribution is 2.10. The van der Waals surface area contributed by atoms with Crippen molar-refractivity contribution in [1.82, 2.24) is 5.43 Å². The van der Waals surface area contributed by atoms with Gasteiger partial charge in [0.2, 0.25) is 0 Å². The number of hydrazone groups is 1. The fourth-order valence-corrected chi connectivity index (χ4v) is 1.03. The van der Waals surface area contributed by atoms with Crippen LogP contribution >= 0.6 is 0 Å². The molecule has 1 aromatic carbocycles. The van der Waals surface area contributed by atoms with E-state index in [0.29, 0.717) is 12.4 Å². The van der Waals surface area contributed by atoms with Crippen LogP contribution in [-0.2, 0) is 9.59 Å². The summed E-state index contributed by atoms with van der Waals surface area (Å²) in [5.74, 6) is -1.34. The van der Waals surface area contributed by atoms with E-state index in [4.69, 9.17) is 10.5 Å². The Bertz CT molecular complexity index is 466. The molecule has 2 amide bonds. The van der Waals surface area contributed by atoms with Crippen LogP contribution < -0.4 is 15.9 Å². The Morgan fingerprint density at radius 1 is 1.39 bits per heavy atom. The molecule has 94 valence electrons. The average Bonchev–Trinajstić information content (AvgIpc) is 2.37. The predicted molar refractivity (Wildman–Crippen MR) is 67.1 cm³/mol. The highest BCUT2D eigenvalue weighted by molar-refractivity contribution is 6.34. The fourth-order valence-electron chi connectivity index (χ4n) is 1.03. The van der Waals surface area contributed by atoms with Crippen LogP contribution in [0.5, 0.6) is 5.75 Å². The number of nitrogens with one attached hydrogen (secondary N) is 1. The molecule has 0 aromatic heterocycles. The first-order chi connectivity index (χ1) is 8.63.